The van der Waals surface area contributed by atoms with Gasteiger partial charge in [0.1, 0.15) is 5.82 Å². The zero-order valence-electron chi connectivity index (χ0n) is 8.34. The van der Waals surface area contributed by atoms with E-state index in [1.807, 2.05) is 19.3 Å². The Balaban J connectivity index is 1.75. The van der Waals surface area contributed by atoms with E-state index in [4.69, 9.17) is 0 Å². The average Bonchev–Trinajstić information content (AvgIpc) is 2.84. The third-order valence-electron chi connectivity index (χ3n) is 2.33. The molecule has 0 unspecified atom stereocenters. The molecule has 1 N–H and O–H groups in total. The molecular weight excluding hydrogens is 210 g/mol. The molecule has 0 saturated heterocycles. The lowest BCUT2D eigenvalue weighted by atomic mass is 10.4. The first-order valence-electron chi connectivity index (χ1n) is 4.91. The third kappa shape index (κ3) is 1.85. The average molecular weight is 221 g/mol. The maximum Gasteiger partial charge on any atom is 0.208 e. The highest BCUT2D eigenvalue weighted by atomic mass is 32.1. The lowest BCUT2D eigenvalue weighted by Crippen LogP contribution is -1.93. The van der Waals surface area contributed by atoms with Crippen LogP contribution in [0.2, 0.25) is 0 Å². The molecule has 1 aliphatic carbocycles. The van der Waals surface area contributed by atoms with Gasteiger partial charge in [0.2, 0.25) is 5.13 Å². The molecule has 1 saturated carbocycles. The van der Waals surface area contributed by atoms with Gasteiger partial charge in [0.15, 0.2) is 5.82 Å². The Bertz CT molecular complexity index is 470. The largest absolute Gasteiger partial charge is 0.313 e. The maximum absolute atomic E-state index is 4.42. The van der Waals surface area contributed by atoms with Gasteiger partial charge in [-0.2, -0.15) is 9.47 Å². The molecule has 0 bridgehead atoms. The summed E-state index contributed by atoms with van der Waals surface area (Å²) in [5.41, 5.74) is 0. The Labute approximate surface area is 91.3 Å². The van der Waals surface area contributed by atoms with Gasteiger partial charge in [0.05, 0.1) is 0 Å². The molecule has 2 heterocycles. The monoisotopic (exact) mass is 221 g/mol. The first-order chi connectivity index (χ1) is 7.31. The minimum atomic E-state index is 0.612. The molecule has 0 atom stereocenters. The predicted molar refractivity (Wildman–Crippen MR) is 58.4 cm³/mol. The van der Waals surface area contributed by atoms with Crippen LogP contribution in [-0.2, 0) is 7.05 Å². The van der Waals surface area contributed by atoms with Crippen molar-refractivity contribution in [2.75, 3.05) is 5.32 Å². The number of aryl methyl sites for hydroxylation is 1. The molecule has 78 valence electrons. The number of hydrogen-bond donors (Lipinski definition) is 1. The summed E-state index contributed by atoms with van der Waals surface area (Å²) in [5.74, 6) is 2.41. The molecule has 1 aliphatic rings. The molecular formula is C9H11N5S. The molecule has 2 aromatic heterocycles. The molecule has 0 aliphatic heterocycles. The summed E-state index contributed by atoms with van der Waals surface area (Å²) in [6.07, 6.45) is 4.37. The van der Waals surface area contributed by atoms with Gasteiger partial charge < -0.3 is 5.32 Å². The SMILES string of the molecule is Cn1ccc(Nc2nc(C3CC3)ns2)n1. The second-order valence-electron chi connectivity index (χ2n) is 3.73. The summed E-state index contributed by atoms with van der Waals surface area (Å²) >= 11 is 1.40. The molecule has 5 nitrogen and oxygen atoms in total. The summed E-state index contributed by atoms with van der Waals surface area (Å²) in [6, 6.07) is 1.91. The number of aromatic nitrogens is 4. The normalized spacial score (nSPS) is 15.5. The van der Waals surface area contributed by atoms with Crippen molar-refractivity contribution in [1.29, 1.82) is 0 Å². The highest BCUT2D eigenvalue weighted by molar-refractivity contribution is 7.09. The van der Waals surface area contributed by atoms with E-state index < -0.39 is 0 Å². The van der Waals surface area contributed by atoms with Crippen molar-refractivity contribution in [3.63, 3.8) is 0 Å². The Morgan fingerprint density at radius 1 is 1.53 bits per heavy atom. The molecule has 0 aromatic carbocycles. The first-order valence-corrected chi connectivity index (χ1v) is 5.69. The molecule has 3 rings (SSSR count). The van der Waals surface area contributed by atoms with E-state index in [1.165, 1.54) is 24.4 Å². The lowest BCUT2D eigenvalue weighted by Gasteiger charge is -1.94. The van der Waals surface area contributed by atoms with Crippen LogP contribution in [-0.4, -0.2) is 19.1 Å². The van der Waals surface area contributed by atoms with Crippen molar-refractivity contribution in [3.8, 4) is 0 Å². The Kier molecular flexibility index (Phi) is 1.95. The van der Waals surface area contributed by atoms with Crippen molar-refractivity contribution < 1.29 is 0 Å². The highest BCUT2D eigenvalue weighted by Crippen LogP contribution is 2.39. The van der Waals surface area contributed by atoms with Crippen molar-refractivity contribution in [2.45, 2.75) is 18.8 Å². The second kappa shape index (κ2) is 3.30. The van der Waals surface area contributed by atoms with E-state index in [9.17, 15) is 0 Å². The fourth-order valence-corrected chi connectivity index (χ4v) is 2.04. The van der Waals surface area contributed by atoms with E-state index in [2.05, 4.69) is 19.8 Å². The van der Waals surface area contributed by atoms with Crippen LogP contribution < -0.4 is 5.32 Å². The fourth-order valence-electron chi connectivity index (χ4n) is 1.38. The summed E-state index contributed by atoms with van der Waals surface area (Å²) in [7, 11) is 1.89. The zero-order valence-corrected chi connectivity index (χ0v) is 9.16. The number of rotatable bonds is 3. The summed E-state index contributed by atoms with van der Waals surface area (Å²) < 4.78 is 6.07. The van der Waals surface area contributed by atoms with Crippen molar-refractivity contribution in [2.24, 2.45) is 7.05 Å². The van der Waals surface area contributed by atoms with E-state index in [-0.39, 0.29) is 0 Å². The van der Waals surface area contributed by atoms with Crippen molar-refractivity contribution >= 4 is 22.5 Å². The summed E-state index contributed by atoms with van der Waals surface area (Å²) in [5, 5.41) is 8.19. The maximum atomic E-state index is 4.42. The van der Waals surface area contributed by atoms with Gasteiger partial charge in [-0.15, -0.1) is 0 Å². The van der Waals surface area contributed by atoms with Crippen LogP contribution in [0.5, 0.6) is 0 Å². The Morgan fingerprint density at radius 3 is 3.07 bits per heavy atom. The smallest absolute Gasteiger partial charge is 0.208 e. The molecule has 0 amide bonds. The van der Waals surface area contributed by atoms with E-state index >= 15 is 0 Å². The fraction of sp³-hybridized carbons (Fsp3) is 0.444. The van der Waals surface area contributed by atoms with Crippen LogP contribution >= 0.6 is 11.5 Å². The van der Waals surface area contributed by atoms with Gasteiger partial charge >= 0.3 is 0 Å². The Hall–Kier alpha value is -1.43. The molecule has 2 aromatic rings. The van der Waals surface area contributed by atoms with E-state index in [1.54, 1.807) is 4.68 Å². The lowest BCUT2D eigenvalue weighted by molar-refractivity contribution is 0.771. The van der Waals surface area contributed by atoms with E-state index in [0.29, 0.717) is 5.92 Å². The van der Waals surface area contributed by atoms with Crippen LogP contribution in [0, 0.1) is 0 Å². The minimum Gasteiger partial charge on any atom is -0.313 e. The van der Waals surface area contributed by atoms with Gasteiger partial charge in [0.25, 0.3) is 0 Å². The van der Waals surface area contributed by atoms with Crippen LogP contribution in [0.1, 0.15) is 24.6 Å². The Morgan fingerprint density at radius 2 is 2.40 bits per heavy atom. The third-order valence-corrected chi connectivity index (χ3v) is 2.98. The van der Waals surface area contributed by atoms with Crippen molar-refractivity contribution in [1.82, 2.24) is 19.1 Å². The molecule has 15 heavy (non-hydrogen) atoms. The highest BCUT2D eigenvalue weighted by Gasteiger charge is 2.27. The minimum absolute atomic E-state index is 0.612. The number of nitrogens with zero attached hydrogens (tertiary/aromatic N) is 4. The number of hydrogen-bond acceptors (Lipinski definition) is 5. The van der Waals surface area contributed by atoms with Crippen LogP contribution in [0.4, 0.5) is 10.9 Å². The molecule has 0 spiro atoms. The summed E-state index contributed by atoms with van der Waals surface area (Å²) in [6.45, 7) is 0. The topological polar surface area (TPSA) is 55.6 Å². The number of anilines is 2. The zero-order chi connectivity index (χ0) is 10.3. The number of nitrogens with one attached hydrogen (secondary N) is 1. The molecule has 1 fully saturated rings. The van der Waals surface area contributed by atoms with Gasteiger partial charge in [-0.05, 0) is 12.8 Å². The van der Waals surface area contributed by atoms with Gasteiger partial charge in [-0.25, -0.2) is 4.98 Å². The summed E-state index contributed by atoms with van der Waals surface area (Å²) in [4.78, 5) is 4.42. The van der Waals surface area contributed by atoms with E-state index in [0.717, 1.165) is 16.8 Å². The first kappa shape index (κ1) is 8.84. The quantitative estimate of drug-likeness (QED) is 0.860. The van der Waals surface area contributed by atoms with Crippen LogP contribution in [0.3, 0.4) is 0 Å². The molecule has 6 heteroatoms. The molecule has 0 radical (unpaired) electrons. The van der Waals surface area contributed by atoms with Gasteiger partial charge in [-0.1, -0.05) is 0 Å². The van der Waals surface area contributed by atoms with Gasteiger partial charge in [0, 0.05) is 36.8 Å². The van der Waals surface area contributed by atoms with Crippen LogP contribution in [0.25, 0.3) is 0 Å². The van der Waals surface area contributed by atoms with Crippen molar-refractivity contribution in [3.05, 3.63) is 18.1 Å². The second-order valence-corrected chi connectivity index (χ2v) is 4.48. The predicted octanol–water partition coefficient (Wildman–Crippen LogP) is 1.89. The van der Waals surface area contributed by atoms with Crippen LogP contribution in [0.15, 0.2) is 12.3 Å². The standard InChI is InChI=1S/C9H11N5S/c1-14-5-4-7(12-14)10-9-11-8(13-15-9)6-2-3-6/h4-6H,2-3H2,1H3,(H,10,11,12,13). The van der Waals surface area contributed by atoms with Gasteiger partial charge in [-0.3, -0.25) is 4.68 Å².